The predicted octanol–water partition coefficient (Wildman–Crippen LogP) is 11.8. The van der Waals surface area contributed by atoms with E-state index in [1.165, 1.54) is 33.2 Å². The molecule has 0 saturated heterocycles. The Kier molecular flexibility index (Phi) is 7.83. The molecular formula is C45H40N4O. The lowest BCUT2D eigenvalue weighted by Gasteiger charge is -2.15. The summed E-state index contributed by atoms with van der Waals surface area (Å²) in [5, 5.41) is 7.40. The Hall–Kier alpha value is -5.94. The van der Waals surface area contributed by atoms with Gasteiger partial charge in [-0.2, -0.15) is 5.10 Å². The van der Waals surface area contributed by atoms with Crippen molar-refractivity contribution in [2.75, 3.05) is 0 Å². The summed E-state index contributed by atoms with van der Waals surface area (Å²) in [6.45, 7) is 13.1. The SMILES string of the molecule is Cc1cccc(C)c1-c1c(C)nn(-c2cc(Oc3ccc4c5ccccc5n(-c5cc(-c6ccccc6)ccn5)c4c3)cc(C(C)C)c2)c1C. The molecule has 0 bridgehead atoms. The number of hydrogen-bond donors (Lipinski definition) is 0. The highest BCUT2D eigenvalue weighted by molar-refractivity contribution is 6.09. The molecule has 5 heteroatoms. The van der Waals surface area contributed by atoms with Gasteiger partial charge in [0.15, 0.2) is 0 Å². The van der Waals surface area contributed by atoms with Crippen LogP contribution in [0.5, 0.6) is 11.5 Å². The van der Waals surface area contributed by atoms with Gasteiger partial charge in [-0.25, -0.2) is 9.67 Å². The smallest absolute Gasteiger partial charge is 0.138 e. The highest BCUT2D eigenvalue weighted by Crippen LogP contribution is 2.38. The van der Waals surface area contributed by atoms with Crippen molar-refractivity contribution in [1.29, 1.82) is 0 Å². The summed E-state index contributed by atoms with van der Waals surface area (Å²) in [5.41, 5.74) is 13.7. The molecule has 0 amide bonds. The number of para-hydroxylation sites is 1. The second kappa shape index (κ2) is 12.5. The molecule has 5 aromatic carbocycles. The minimum atomic E-state index is 0.306. The zero-order valence-corrected chi connectivity index (χ0v) is 29.4. The number of ether oxygens (including phenoxy) is 1. The molecule has 0 radical (unpaired) electrons. The van der Waals surface area contributed by atoms with Gasteiger partial charge in [-0.3, -0.25) is 4.57 Å². The highest BCUT2D eigenvalue weighted by atomic mass is 16.5. The molecule has 3 aromatic heterocycles. The number of pyridine rings is 1. The standard InChI is InChI=1S/C45H40N4O/c1-28(2)35-23-36(49-32(6)45(31(5)47-49)44-29(3)13-12-14-30(44)4)26-38(24-35)50-37-19-20-40-39-17-10-11-18-41(39)48(42(40)27-37)43-25-34(21-22-46-43)33-15-8-7-9-16-33/h7-28H,1-6H3. The molecule has 8 rings (SSSR count). The minimum absolute atomic E-state index is 0.306. The quantitative estimate of drug-likeness (QED) is 0.172. The molecule has 5 nitrogen and oxygen atoms in total. The molecule has 0 N–H and O–H groups in total. The van der Waals surface area contributed by atoms with Crippen molar-refractivity contribution in [3.63, 3.8) is 0 Å². The van der Waals surface area contributed by atoms with Crippen LogP contribution in [-0.2, 0) is 0 Å². The van der Waals surface area contributed by atoms with Crippen LogP contribution in [0.1, 0.15) is 47.8 Å². The molecule has 8 aromatic rings. The van der Waals surface area contributed by atoms with Crippen LogP contribution in [0.4, 0.5) is 0 Å². The van der Waals surface area contributed by atoms with Gasteiger partial charge < -0.3 is 4.74 Å². The van der Waals surface area contributed by atoms with E-state index in [2.05, 4.69) is 166 Å². The van der Waals surface area contributed by atoms with Gasteiger partial charge in [0.1, 0.15) is 17.3 Å². The maximum Gasteiger partial charge on any atom is 0.138 e. The Morgan fingerprint density at radius 2 is 1.34 bits per heavy atom. The van der Waals surface area contributed by atoms with Crippen molar-refractivity contribution < 1.29 is 4.74 Å². The topological polar surface area (TPSA) is 44.9 Å². The van der Waals surface area contributed by atoms with E-state index in [0.717, 1.165) is 61.9 Å². The maximum absolute atomic E-state index is 6.74. The van der Waals surface area contributed by atoms with Crippen LogP contribution < -0.4 is 4.74 Å². The normalized spacial score (nSPS) is 11.6. The predicted molar refractivity (Wildman–Crippen MR) is 206 cm³/mol. The molecule has 246 valence electrons. The second-order valence-electron chi connectivity index (χ2n) is 13.5. The minimum Gasteiger partial charge on any atom is -0.457 e. The molecule has 0 fully saturated rings. The first kappa shape index (κ1) is 31.3. The van der Waals surface area contributed by atoms with Gasteiger partial charge in [0.05, 0.1) is 22.4 Å². The van der Waals surface area contributed by atoms with E-state index in [4.69, 9.17) is 14.8 Å². The number of hydrogen-bond acceptors (Lipinski definition) is 3. The van der Waals surface area contributed by atoms with E-state index in [1.807, 2.05) is 12.3 Å². The summed E-state index contributed by atoms with van der Waals surface area (Å²) < 4.78 is 11.1. The average molecular weight is 653 g/mol. The van der Waals surface area contributed by atoms with Crippen LogP contribution in [0.15, 0.2) is 128 Å². The fourth-order valence-electron chi connectivity index (χ4n) is 7.33. The van der Waals surface area contributed by atoms with Crippen LogP contribution in [-0.4, -0.2) is 19.3 Å². The molecule has 0 aliphatic carbocycles. The van der Waals surface area contributed by atoms with Gasteiger partial charge in [0.2, 0.25) is 0 Å². The lowest BCUT2D eigenvalue weighted by molar-refractivity contribution is 0.481. The zero-order chi connectivity index (χ0) is 34.5. The number of nitrogens with zero attached hydrogens (tertiary/aromatic N) is 4. The third kappa shape index (κ3) is 5.45. The number of benzene rings is 5. The van der Waals surface area contributed by atoms with E-state index in [9.17, 15) is 0 Å². The van der Waals surface area contributed by atoms with Crippen LogP contribution in [0.3, 0.4) is 0 Å². The van der Waals surface area contributed by atoms with Gasteiger partial charge in [-0.05, 0) is 109 Å². The lowest BCUT2D eigenvalue weighted by Crippen LogP contribution is -2.02. The van der Waals surface area contributed by atoms with Crippen molar-refractivity contribution >= 4 is 21.8 Å². The fourth-order valence-corrected chi connectivity index (χ4v) is 7.33. The van der Waals surface area contributed by atoms with Gasteiger partial charge in [-0.15, -0.1) is 0 Å². The number of rotatable bonds is 7. The Bertz CT molecular complexity index is 2520. The maximum atomic E-state index is 6.74. The molecule has 0 atom stereocenters. The van der Waals surface area contributed by atoms with E-state index in [0.29, 0.717) is 5.92 Å². The highest BCUT2D eigenvalue weighted by Gasteiger charge is 2.20. The first-order chi connectivity index (χ1) is 24.3. The first-order valence-electron chi connectivity index (χ1n) is 17.3. The zero-order valence-electron chi connectivity index (χ0n) is 29.4. The summed E-state index contributed by atoms with van der Waals surface area (Å²) in [7, 11) is 0. The summed E-state index contributed by atoms with van der Waals surface area (Å²) in [6, 6.07) is 42.5. The average Bonchev–Trinajstić information content (AvgIpc) is 3.61. The molecule has 50 heavy (non-hydrogen) atoms. The van der Waals surface area contributed by atoms with Crippen LogP contribution >= 0.6 is 0 Å². The summed E-state index contributed by atoms with van der Waals surface area (Å²) in [5.74, 6) is 2.71. The summed E-state index contributed by atoms with van der Waals surface area (Å²) >= 11 is 0. The molecular weight excluding hydrogens is 613 g/mol. The van der Waals surface area contributed by atoms with Crippen molar-refractivity contribution in [1.82, 2.24) is 19.3 Å². The van der Waals surface area contributed by atoms with Crippen molar-refractivity contribution in [2.24, 2.45) is 0 Å². The second-order valence-corrected chi connectivity index (χ2v) is 13.5. The van der Waals surface area contributed by atoms with Crippen LogP contribution in [0, 0.1) is 27.7 Å². The third-order valence-corrected chi connectivity index (χ3v) is 9.81. The first-order valence-corrected chi connectivity index (χ1v) is 17.3. The van der Waals surface area contributed by atoms with Crippen molar-refractivity contribution in [2.45, 2.75) is 47.5 Å². The fraction of sp³-hybridized carbons (Fsp3) is 0.156. The lowest BCUT2D eigenvalue weighted by atomic mass is 9.94. The van der Waals surface area contributed by atoms with E-state index >= 15 is 0 Å². The molecule has 0 unspecified atom stereocenters. The largest absolute Gasteiger partial charge is 0.457 e. The number of fused-ring (bicyclic) bond motifs is 3. The van der Waals surface area contributed by atoms with Crippen molar-refractivity contribution in [3.05, 3.63) is 156 Å². The van der Waals surface area contributed by atoms with Gasteiger partial charge in [0.25, 0.3) is 0 Å². The van der Waals surface area contributed by atoms with Crippen LogP contribution in [0.25, 0.3) is 55.6 Å². The molecule has 0 spiro atoms. The Balaban J connectivity index is 1.23. The van der Waals surface area contributed by atoms with Gasteiger partial charge in [-0.1, -0.05) is 80.6 Å². The molecule has 0 saturated carbocycles. The van der Waals surface area contributed by atoms with E-state index < -0.39 is 0 Å². The monoisotopic (exact) mass is 652 g/mol. The van der Waals surface area contributed by atoms with Gasteiger partial charge in [0, 0.05) is 40.4 Å². The molecule has 3 heterocycles. The summed E-state index contributed by atoms with van der Waals surface area (Å²) in [6.07, 6.45) is 1.89. The number of aromatic nitrogens is 4. The molecule has 0 aliphatic rings. The van der Waals surface area contributed by atoms with Gasteiger partial charge >= 0.3 is 0 Å². The number of aryl methyl sites for hydroxylation is 3. The molecule has 0 aliphatic heterocycles. The Labute approximate surface area is 293 Å². The van der Waals surface area contributed by atoms with Crippen molar-refractivity contribution in [3.8, 4) is 45.3 Å². The van der Waals surface area contributed by atoms with Crippen LogP contribution in [0.2, 0.25) is 0 Å². The van der Waals surface area contributed by atoms with E-state index in [-0.39, 0.29) is 0 Å². The Morgan fingerprint density at radius 1 is 0.600 bits per heavy atom. The van der Waals surface area contributed by atoms with E-state index in [1.54, 1.807) is 0 Å². The summed E-state index contributed by atoms with van der Waals surface area (Å²) in [4.78, 5) is 4.86. The third-order valence-electron chi connectivity index (χ3n) is 9.81. The Morgan fingerprint density at radius 3 is 2.12 bits per heavy atom.